The largest absolute Gasteiger partial charge is 0.497 e. The predicted molar refractivity (Wildman–Crippen MR) is 87.7 cm³/mol. The first-order valence-electron chi connectivity index (χ1n) is 7.36. The van der Waals surface area contributed by atoms with Crippen molar-refractivity contribution in [2.24, 2.45) is 0 Å². The number of hydrogen-bond acceptors (Lipinski definition) is 4. The third kappa shape index (κ3) is 5.03. The molecule has 0 saturated carbocycles. The number of anilines is 1. The first-order valence-corrected chi connectivity index (χ1v) is 7.36. The molecule has 0 saturated heterocycles. The summed E-state index contributed by atoms with van der Waals surface area (Å²) in [5.74, 6) is 2.24. The molecule has 2 rings (SSSR count). The third-order valence-corrected chi connectivity index (χ3v) is 3.32. The lowest BCUT2D eigenvalue weighted by Crippen LogP contribution is -2.36. The maximum atomic E-state index is 12.5. The number of benzene rings is 1. The Morgan fingerprint density at radius 3 is 2.74 bits per heavy atom. The Balaban J connectivity index is 2.05. The summed E-state index contributed by atoms with van der Waals surface area (Å²) in [5.41, 5.74) is 0.674. The Kier molecular flexibility index (Phi) is 6.05. The van der Waals surface area contributed by atoms with Crippen LogP contribution in [0.1, 0.15) is 11.5 Å². The minimum atomic E-state index is -0.218. The molecule has 0 spiro atoms. The van der Waals surface area contributed by atoms with E-state index in [9.17, 15) is 4.79 Å². The average molecular weight is 318 g/mol. The molecule has 6 nitrogen and oxygen atoms in total. The molecule has 0 unspecified atom stereocenters. The number of hydrogen-bond donors (Lipinski definition) is 1. The van der Waals surface area contributed by atoms with Gasteiger partial charge in [0.2, 0.25) is 0 Å². The van der Waals surface area contributed by atoms with Crippen molar-refractivity contribution in [3.8, 4) is 5.75 Å². The van der Waals surface area contributed by atoms with Crippen LogP contribution in [0, 0.1) is 6.92 Å². The summed E-state index contributed by atoms with van der Waals surface area (Å²) < 4.78 is 15.8. The van der Waals surface area contributed by atoms with Crippen LogP contribution in [0.5, 0.6) is 5.75 Å². The molecule has 2 aromatic rings. The molecule has 0 aliphatic heterocycles. The molecule has 1 heterocycles. The van der Waals surface area contributed by atoms with Gasteiger partial charge in [0.1, 0.15) is 17.3 Å². The number of urea groups is 1. The zero-order chi connectivity index (χ0) is 16.7. The summed E-state index contributed by atoms with van der Waals surface area (Å²) in [6.45, 7) is 3.17. The standard InChI is InChI=1S/C17H22N2O4/c1-13-7-8-16(23-13)12-19(9-10-21-2)17(20)18-14-5-4-6-15(11-14)22-3/h4-8,11H,9-10,12H2,1-3H3,(H,18,20). The summed E-state index contributed by atoms with van der Waals surface area (Å²) in [5, 5.41) is 2.86. The normalized spacial score (nSPS) is 10.4. The molecule has 2 amide bonds. The van der Waals surface area contributed by atoms with Crippen molar-refractivity contribution in [3.05, 3.63) is 47.9 Å². The highest BCUT2D eigenvalue weighted by atomic mass is 16.5. The number of nitrogens with zero attached hydrogens (tertiary/aromatic N) is 1. The van der Waals surface area contributed by atoms with Crippen molar-refractivity contribution in [3.63, 3.8) is 0 Å². The number of carbonyl (C=O) groups excluding carboxylic acids is 1. The molecular weight excluding hydrogens is 296 g/mol. The first kappa shape index (κ1) is 16.9. The van der Waals surface area contributed by atoms with Gasteiger partial charge < -0.3 is 24.1 Å². The van der Waals surface area contributed by atoms with Gasteiger partial charge in [0, 0.05) is 25.4 Å². The average Bonchev–Trinajstić information content (AvgIpc) is 2.96. The van der Waals surface area contributed by atoms with Gasteiger partial charge >= 0.3 is 6.03 Å². The molecule has 1 aromatic carbocycles. The van der Waals surface area contributed by atoms with E-state index in [4.69, 9.17) is 13.9 Å². The topological polar surface area (TPSA) is 63.9 Å². The maximum Gasteiger partial charge on any atom is 0.322 e. The van der Waals surface area contributed by atoms with Gasteiger partial charge in [0.25, 0.3) is 0 Å². The van der Waals surface area contributed by atoms with Crippen LogP contribution in [-0.4, -0.2) is 38.3 Å². The van der Waals surface area contributed by atoms with Gasteiger partial charge in [-0.25, -0.2) is 4.79 Å². The van der Waals surface area contributed by atoms with Crippen LogP contribution in [0.4, 0.5) is 10.5 Å². The Morgan fingerprint density at radius 1 is 1.26 bits per heavy atom. The van der Waals surface area contributed by atoms with Crippen molar-refractivity contribution >= 4 is 11.7 Å². The number of ether oxygens (including phenoxy) is 2. The quantitative estimate of drug-likeness (QED) is 0.851. The highest BCUT2D eigenvalue weighted by Crippen LogP contribution is 2.18. The molecule has 0 aliphatic carbocycles. The second-order valence-corrected chi connectivity index (χ2v) is 5.09. The van der Waals surface area contributed by atoms with E-state index in [0.717, 1.165) is 11.5 Å². The summed E-state index contributed by atoms with van der Waals surface area (Å²) in [4.78, 5) is 14.1. The Labute approximate surface area is 136 Å². The number of amides is 2. The van der Waals surface area contributed by atoms with E-state index in [0.29, 0.717) is 31.1 Å². The summed E-state index contributed by atoms with van der Waals surface area (Å²) in [6.07, 6.45) is 0. The Hall–Kier alpha value is -2.47. The predicted octanol–water partition coefficient (Wildman–Crippen LogP) is 3.28. The Morgan fingerprint density at radius 2 is 2.09 bits per heavy atom. The van der Waals surface area contributed by atoms with Gasteiger partial charge in [-0.2, -0.15) is 0 Å². The van der Waals surface area contributed by atoms with Crippen molar-refractivity contribution in [1.29, 1.82) is 0 Å². The van der Waals surface area contributed by atoms with Crippen LogP contribution < -0.4 is 10.1 Å². The second kappa shape index (κ2) is 8.24. The highest BCUT2D eigenvalue weighted by molar-refractivity contribution is 5.89. The van der Waals surface area contributed by atoms with Gasteiger partial charge in [0.15, 0.2) is 0 Å². The monoisotopic (exact) mass is 318 g/mol. The number of furan rings is 1. The van der Waals surface area contributed by atoms with E-state index in [2.05, 4.69) is 5.32 Å². The summed E-state index contributed by atoms with van der Waals surface area (Å²) >= 11 is 0. The van der Waals surface area contributed by atoms with Crippen LogP contribution in [0.15, 0.2) is 40.8 Å². The van der Waals surface area contributed by atoms with Crippen molar-refractivity contribution in [2.75, 3.05) is 32.7 Å². The van der Waals surface area contributed by atoms with Gasteiger partial charge in [-0.1, -0.05) is 6.07 Å². The van der Waals surface area contributed by atoms with E-state index < -0.39 is 0 Å². The lowest BCUT2D eigenvalue weighted by Gasteiger charge is -2.22. The minimum absolute atomic E-state index is 0.218. The van der Waals surface area contributed by atoms with E-state index in [-0.39, 0.29) is 6.03 Å². The number of nitrogens with one attached hydrogen (secondary N) is 1. The fraction of sp³-hybridized carbons (Fsp3) is 0.353. The lowest BCUT2D eigenvalue weighted by atomic mass is 10.3. The molecule has 1 N–H and O–H groups in total. The van der Waals surface area contributed by atoms with Crippen LogP contribution in [-0.2, 0) is 11.3 Å². The SMILES string of the molecule is COCCN(Cc1ccc(C)o1)C(=O)Nc1cccc(OC)c1. The van der Waals surface area contributed by atoms with Gasteiger partial charge in [-0.15, -0.1) is 0 Å². The number of rotatable bonds is 7. The first-order chi connectivity index (χ1) is 11.1. The molecule has 0 aliphatic rings. The smallest absolute Gasteiger partial charge is 0.322 e. The van der Waals surface area contributed by atoms with Gasteiger partial charge in [-0.05, 0) is 31.2 Å². The fourth-order valence-electron chi connectivity index (χ4n) is 2.12. The van der Waals surface area contributed by atoms with Crippen LogP contribution in [0.3, 0.4) is 0 Å². The van der Waals surface area contributed by atoms with Crippen LogP contribution in [0.25, 0.3) is 0 Å². The van der Waals surface area contributed by atoms with Crippen molar-refractivity contribution in [2.45, 2.75) is 13.5 Å². The fourth-order valence-corrected chi connectivity index (χ4v) is 2.12. The maximum absolute atomic E-state index is 12.5. The molecule has 0 bridgehead atoms. The number of carbonyl (C=O) groups is 1. The van der Waals surface area contributed by atoms with Crippen molar-refractivity contribution < 1.29 is 18.7 Å². The summed E-state index contributed by atoms with van der Waals surface area (Å²) in [7, 11) is 3.19. The number of methoxy groups -OCH3 is 2. The molecule has 0 fully saturated rings. The molecule has 23 heavy (non-hydrogen) atoms. The minimum Gasteiger partial charge on any atom is -0.497 e. The van der Waals surface area contributed by atoms with Crippen LogP contribution >= 0.6 is 0 Å². The Bertz CT molecular complexity index is 639. The zero-order valence-corrected chi connectivity index (χ0v) is 13.7. The van der Waals surface area contributed by atoms with Crippen molar-refractivity contribution in [1.82, 2.24) is 4.90 Å². The van der Waals surface area contributed by atoms with E-state index in [1.807, 2.05) is 37.3 Å². The number of aryl methyl sites for hydroxylation is 1. The molecular formula is C17H22N2O4. The zero-order valence-electron chi connectivity index (χ0n) is 13.7. The molecule has 124 valence electrons. The lowest BCUT2D eigenvalue weighted by molar-refractivity contribution is 0.149. The van der Waals surface area contributed by atoms with E-state index >= 15 is 0 Å². The van der Waals surface area contributed by atoms with E-state index in [1.165, 1.54) is 0 Å². The van der Waals surface area contributed by atoms with Gasteiger partial charge in [0.05, 0.1) is 20.3 Å². The van der Waals surface area contributed by atoms with E-state index in [1.54, 1.807) is 25.2 Å². The molecule has 0 atom stereocenters. The molecule has 0 radical (unpaired) electrons. The second-order valence-electron chi connectivity index (χ2n) is 5.09. The summed E-state index contributed by atoms with van der Waals surface area (Å²) in [6, 6.07) is 10.8. The third-order valence-electron chi connectivity index (χ3n) is 3.32. The van der Waals surface area contributed by atoms with Gasteiger partial charge in [-0.3, -0.25) is 0 Å². The molecule has 1 aromatic heterocycles. The highest BCUT2D eigenvalue weighted by Gasteiger charge is 2.16. The molecule has 6 heteroatoms. The van der Waals surface area contributed by atoms with Crippen LogP contribution in [0.2, 0.25) is 0 Å².